The molecule has 1 aliphatic heterocycles. The molecule has 0 fully saturated rings. The second-order valence-corrected chi connectivity index (χ2v) is 4.53. The molecular formula is C15H18O2. The number of ether oxygens (including phenoxy) is 2. The van der Waals surface area contributed by atoms with Gasteiger partial charge in [-0.1, -0.05) is 44.2 Å². The van der Waals surface area contributed by atoms with Gasteiger partial charge in [0.25, 0.3) is 0 Å². The topological polar surface area (TPSA) is 18.5 Å². The maximum Gasteiger partial charge on any atom is 0.231 e. The Morgan fingerprint density at radius 2 is 2.00 bits per heavy atom. The minimum absolute atomic E-state index is 0.330. The lowest BCUT2D eigenvalue weighted by molar-refractivity contribution is 0.174. The Bertz CT molecular complexity index is 431. The van der Waals surface area contributed by atoms with Crippen LogP contribution in [0.4, 0.5) is 0 Å². The van der Waals surface area contributed by atoms with Gasteiger partial charge in [-0.05, 0) is 30.0 Å². The summed E-state index contributed by atoms with van der Waals surface area (Å²) in [6.07, 6.45) is 9.52. The van der Waals surface area contributed by atoms with Gasteiger partial charge in [-0.15, -0.1) is 0 Å². The summed E-state index contributed by atoms with van der Waals surface area (Å²) in [6, 6.07) is 5.97. The van der Waals surface area contributed by atoms with E-state index < -0.39 is 0 Å². The highest BCUT2D eigenvalue weighted by Crippen LogP contribution is 2.32. The van der Waals surface area contributed by atoms with E-state index in [1.807, 2.05) is 18.2 Å². The molecule has 1 aromatic rings. The third kappa shape index (κ3) is 3.38. The Kier molecular flexibility index (Phi) is 3.86. The van der Waals surface area contributed by atoms with Gasteiger partial charge in [0.1, 0.15) is 0 Å². The molecule has 0 amide bonds. The lowest BCUT2D eigenvalue weighted by atomic mass is 10.1. The lowest BCUT2D eigenvalue weighted by Crippen LogP contribution is -1.92. The molecule has 0 saturated carbocycles. The molecule has 0 aromatic heterocycles. The molecule has 0 atom stereocenters. The monoisotopic (exact) mass is 230 g/mol. The molecule has 1 aliphatic rings. The smallest absolute Gasteiger partial charge is 0.231 e. The van der Waals surface area contributed by atoms with Crippen molar-refractivity contribution in [1.29, 1.82) is 0 Å². The van der Waals surface area contributed by atoms with Crippen LogP contribution in [0.5, 0.6) is 11.5 Å². The van der Waals surface area contributed by atoms with E-state index in [9.17, 15) is 0 Å². The predicted octanol–water partition coefficient (Wildman–Crippen LogP) is 4.03. The van der Waals surface area contributed by atoms with Crippen LogP contribution in [0.25, 0.3) is 6.08 Å². The van der Waals surface area contributed by atoms with Gasteiger partial charge in [-0.3, -0.25) is 0 Å². The van der Waals surface area contributed by atoms with Crippen LogP contribution < -0.4 is 9.47 Å². The minimum atomic E-state index is 0.330. The molecule has 0 bridgehead atoms. The molecule has 0 N–H and O–H groups in total. The summed E-state index contributed by atoms with van der Waals surface area (Å²) in [5, 5.41) is 0. The fourth-order valence-corrected chi connectivity index (χ4v) is 1.61. The molecule has 0 saturated heterocycles. The number of hydrogen-bond acceptors (Lipinski definition) is 2. The molecule has 0 spiro atoms. The Labute approximate surface area is 103 Å². The second kappa shape index (κ2) is 5.58. The van der Waals surface area contributed by atoms with Crippen molar-refractivity contribution >= 4 is 6.08 Å². The first-order valence-electron chi connectivity index (χ1n) is 5.98. The Balaban J connectivity index is 1.95. The fraction of sp³-hybridized carbons (Fsp3) is 0.333. The Morgan fingerprint density at radius 3 is 2.82 bits per heavy atom. The van der Waals surface area contributed by atoms with E-state index in [1.54, 1.807) is 0 Å². The summed E-state index contributed by atoms with van der Waals surface area (Å²) in [6.45, 7) is 4.76. The number of hydrogen-bond donors (Lipinski definition) is 0. The van der Waals surface area contributed by atoms with E-state index in [1.165, 1.54) is 0 Å². The van der Waals surface area contributed by atoms with E-state index in [-0.39, 0.29) is 0 Å². The maximum atomic E-state index is 5.32. The zero-order chi connectivity index (χ0) is 12.1. The molecule has 90 valence electrons. The quantitative estimate of drug-likeness (QED) is 0.727. The lowest BCUT2D eigenvalue weighted by Gasteiger charge is -1.97. The van der Waals surface area contributed by atoms with Crippen LogP contribution in [0.1, 0.15) is 25.8 Å². The molecule has 1 aromatic carbocycles. The predicted molar refractivity (Wildman–Crippen MR) is 70.2 cm³/mol. The molecule has 2 heteroatoms. The van der Waals surface area contributed by atoms with E-state index in [4.69, 9.17) is 9.47 Å². The molecule has 0 unspecified atom stereocenters. The molecule has 0 aliphatic carbocycles. The molecule has 17 heavy (non-hydrogen) atoms. The van der Waals surface area contributed by atoms with Crippen molar-refractivity contribution in [3.05, 3.63) is 42.0 Å². The highest BCUT2D eigenvalue weighted by atomic mass is 16.7. The largest absolute Gasteiger partial charge is 0.454 e. The molecule has 0 radical (unpaired) electrons. The average Bonchev–Trinajstić information content (AvgIpc) is 2.75. The van der Waals surface area contributed by atoms with Gasteiger partial charge in [0.2, 0.25) is 6.79 Å². The van der Waals surface area contributed by atoms with Crippen LogP contribution in [-0.2, 0) is 0 Å². The van der Waals surface area contributed by atoms with Crippen molar-refractivity contribution < 1.29 is 9.47 Å². The van der Waals surface area contributed by atoms with Crippen LogP contribution in [-0.4, -0.2) is 6.79 Å². The zero-order valence-electron chi connectivity index (χ0n) is 10.3. The van der Waals surface area contributed by atoms with Crippen molar-refractivity contribution in [3.63, 3.8) is 0 Å². The van der Waals surface area contributed by atoms with E-state index in [2.05, 4.69) is 38.2 Å². The van der Waals surface area contributed by atoms with Crippen LogP contribution in [0, 0.1) is 5.92 Å². The summed E-state index contributed by atoms with van der Waals surface area (Å²) < 4.78 is 10.6. The fourth-order valence-electron chi connectivity index (χ4n) is 1.61. The minimum Gasteiger partial charge on any atom is -0.454 e. The van der Waals surface area contributed by atoms with Crippen molar-refractivity contribution in [2.24, 2.45) is 5.92 Å². The Morgan fingerprint density at radius 1 is 1.18 bits per heavy atom. The molecular weight excluding hydrogens is 212 g/mol. The summed E-state index contributed by atoms with van der Waals surface area (Å²) in [4.78, 5) is 0. The van der Waals surface area contributed by atoms with Gasteiger partial charge in [0, 0.05) is 0 Å². The highest BCUT2D eigenvalue weighted by Gasteiger charge is 2.11. The molecule has 1 heterocycles. The van der Waals surface area contributed by atoms with Crippen molar-refractivity contribution in [1.82, 2.24) is 0 Å². The summed E-state index contributed by atoms with van der Waals surface area (Å²) in [7, 11) is 0. The van der Waals surface area contributed by atoms with Gasteiger partial charge >= 0.3 is 0 Å². The third-order valence-electron chi connectivity index (χ3n) is 2.54. The first-order valence-corrected chi connectivity index (χ1v) is 5.98. The number of rotatable bonds is 4. The van der Waals surface area contributed by atoms with Gasteiger partial charge < -0.3 is 9.47 Å². The van der Waals surface area contributed by atoms with E-state index >= 15 is 0 Å². The van der Waals surface area contributed by atoms with Crippen LogP contribution in [0.15, 0.2) is 36.4 Å². The second-order valence-electron chi connectivity index (χ2n) is 4.53. The maximum absolute atomic E-state index is 5.32. The van der Waals surface area contributed by atoms with Crippen molar-refractivity contribution in [2.75, 3.05) is 6.79 Å². The number of benzene rings is 1. The molecule has 2 rings (SSSR count). The van der Waals surface area contributed by atoms with E-state index in [0.29, 0.717) is 12.7 Å². The van der Waals surface area contributed by atoms with Crippen molar-refractivity contribution in [3.8, 4) is 11.5 Å². The standard InChI is InChI=1S/C15H18O2/c1-12(2)6-4-3-5-7-13-8-9-14-15(10-13)17-11-16-14/h3-5,7-10,12H,6,11H2,1-2H3/b4-3+,7-5+. The van der Waals surface area contributed by atoms with Gasteiger partial charge in [0.15, 0.2) is 11.5 Å². The first-order chi connectivity index (χ1) is 8.25. The Hall–Kier alpha value is -1.70. The average molecular weight is 230 g/mol. The summed E-state index contributed by atoms with van der Waals surface area (Å²) in [5.74, 6) is 2.38. The summed E-state index contributed by atoms with van der Waals surface area (Å²) in [5.41, 5.74) is 1.13. The van der Waals surface area contributed by atoms with Gasteiger partial charge in [-0.25, -0.2) is 0 Å². The van der Waals surface area contributed by atoms with Crippen LogP contribution in [0.3, 0.4) is 0 Å². The zero-order valence-corrected chi connectivity index (χ0v) is 10.3. The third-order valence-corrected chi connectivity index (χ3v) is 2.54. The van der Waals surface area contributed by atoms with Crippen LogP contribution >= 0.6 is 0 Å². The van der Waals surface area contributed by atoms with Crippen molar-refractivity contribution in [2.45, 2.75) is 20.3 Å². The highest BCUT2D eigenvalue weighted by molar-refractivity contribution is 5.57. The van der Waals surface area contributed by atoms with Gasteiger partial charge in [-0.2, -0.15) is 0 Å². The van der Waals surface area contributed by atoms with Crippen LogP contribution in [0.2, 0.25) is 0 Å². The number of allylic oxidation sites excluding steroid dienone is 3. The number of fused-ring (bicyclic) bond motifs is 1. The van der Waals surface area contributed by atoms with E-state index in [0.717, 1.165) is 23.5 Å². The van der Waals surface area contributed by atoms with Gasteiger partial charge in [0.05, 0.1) is 0 Å². The molecule has 2 nitrogen and oxygen atoms in total. The first kappa shape index (κ1) is 11.8. The SMILES string of the molecule is CC(C)C/C=C/C=C/c1ccc2c(c1)OCO2. The summed E-state index contributed by atoms with van der Waals surface area (Å²) >= 11 is 0. The normalized spacial score (nSPS) is 14.3.